The summed E-state index contributed by atoms with van der Waals surface area (Å²) < 4.78 is 77.0. The van der Waals surface area contributed by atoms with Gasteiger partial charge < -0.3 is 4.74 Å². The number of allylic oxidation sites excluding steroid dienone is 1. The van der Waals surface area contributed by atoms with Crippen LogP contribution in [0.25, 0.3) is 0 Å². The van der Waals surface area contributed by atoms with E-state index in [1.54, 1.807) is 0 Å². The lowest BCUT2D eigenvalue weighted by Crippen LogP contribution is -2.48. The zero-order chi connectivity index (χ0) is 12.3. The lowest BCUT2D eigenvalue weighted by atomic mass is 10.1. The topological polar surface area (TPSA) is 26.3 Å². The van der Waals surface area contributed by atoms with Crippen LogP contribution in [-0.4, -0.2) is 24.4 Å². The monoisotopic (exact) mass is 236 g/mol. The van der Waals surface area contributed by atoms with Crippen LogP contribution < -0.4 is 0 Å². The van der Waals surface area contributed by atoms with Gasteiger partial charge in [0, 0.05) is 0 Å². The molecule has 0 saturated heterocycles. The van der Waals surface area contributed by atoms with E-state index in [-0.39, 0.29) is 0 Å². The summed E-state index contributed by atoms with van der Waals surface area (Å²) in [6.45, 7) is 0.499. The zero-order valence-corrected chi connectivity index (χ0v) is 7.37. The number of hydrogen-bond donors (Lipinski definition) is 0. The van der Waals surface area contributed by atoms with Crippen molar-refractivity contribution in [3.63, 3.8) is 0 Å². The van der Waals surface area contributed by atoms with E-state index in [1.165, 1.54) is 0 Å². The Kier molecular flexibility index (Phi) is 4.17. The van der Waals surface area contributed by atoms with Crippen molar-refractivity contribution in [2.75, 3.05) is 6.61 Å². The molecule has 0 atom stereocenters. The van der Waals surface area contributed by atoms with Gasteiger partial charge >= 0.3 is 17.8 Å². The fourth-order valence-corrected chi connectivity index (χ4v) is 0.568. The Morgan fingerprint density at radius 1 is 1.27 bits per heavy atom. The first-order valence-electron chi connectivity index (χ1n) is 3.61. The summed E-state index contributed by atoms with van der Waals surface area (Å²) in [6.07, 6.45) is -1.34. The highest BCUT2D eigenvalue weighted by Gasteiger charge is 2.66. The highest BCUT2D eigenvalue weighted by molar-refractivity contribution is 5.79. The van der Waals surface area contributed by atoms with Gasteiger partial charge in [-0.3, -0.25) is 0 Å². The molecule has 0 aliphatic heterocycles. The van der Waals surface area contributed by atoms with Gasteiger partial charge in [0.2, 0.25) is 5.83 Å². The van der Waals surface area contributed by atoms with Gasteiger partial charge in [0.1, 0.15) is 6.33 Å². The first kappa shape index (κ1) is 13.8. The Morgan fingerprint density at radius 3 is 2.07 bits per heavy atom. The number of hydrogen-bond acceptors (Lipinski definition) is 2. The minimum absolute atomic E-state index is 0.592. The van der Waals surface area contributed by atoms with Crippen molar-refractivity contribution in [2.45, 2.75) is 18.8 Å². The first-order chi connectivity index (χ1) is 6.71. The smallest absolute Gasteiger partial charge is 0.411 e. The van der Waals surface area contributed by atoms with Crippen LogP contribution in [0.3, 0.4) is 0 Å². The van der Waals surface area contributed by atoms with Crippen molar-refractivity contribution in [1.82, 2.24) is 0 Å². The molecule has 0 saturated carbocycles. The number of esters is 1. The van der Waals surface area contributed by atoms with Crippen molar-refractivity contribution in [3.8, 4) is 0 Å². The van der Waals surface area contributed by atoms with Gasteiger partial charge in [0.15, 0.2) is 0 Å². The fourth-order valence-electron chi connectivity index (χ4n) is 0.568. The summed E-state index contributed by atoms with van der Waals surface area (Å²) in [6, 6.07) is 0. The van der Waals surface area contributed by atoms with Crippen LogP contribution in [-0.2, 0) is 9.53 Å². The molecule has 0 aliphatic rings. The zero-order valence-electron chi connectivity index (χ0n) is 7.37. The molecule has 0 unspecified atom stereocenters. The van der Waals surface area contributed by atoms with Gasteiger partial charge in [-0.2, -0.15) is 17.6 Å². The predicted molar refractivity (Wildman–Crippen MR) is 36.8 cm³/mol. The number of ether oxygens (including phenoxy) is 1. The van der Waals surface area contributed by atoms with Gasteiger partial charge in [-0.1, -0.05) is 0 Å². The minimum atomic E-state index is -5.56. The van der Waals surface area contributed by atoms with E-state index in [0.717, 1.165) is 6.92 Å². The van der Waals surface area contributed by atoms with Gasteiger partial charge in [-0.15, -0.1) is 0 Å². The number of alkyl halides is 4. The molecule has 0 aliphatic carbocycles. The lowest BCUT2D eigenvalue weighted by Gasteiger charge is -2.22. The number of carbonyl (C=O) groups is 1. The molecular weight excluding hydrogens is 230 g/mol. The molecule has 0 aromatic rings. The molecule has 0 N–H and O–H groups in total. The van der Waals surface area contributed by atoms with Crippen molar-refractivity contribution in [1.29, 1.82) is 0 Å². The van der Waals surface area contributed by atoms with Crippen LogP contribution in [0.15, 0.2) is 12.2 Å². The quantitative estimate of drug-likeness (QED) is 0.554. The standard InChI is InChI=1S/C7H6F6O2/c1-2-15-5(14)7(12,13)6(10,11)4(9)3-8/h3H,2H2,1H3/b4-3+. The van der Waals surface area contributed by atoms with Crippen LogP contribution >= 0.6 is 0 Å². The predicted octanol–water partition coefficient (Wildman–Crippen LogP) is 2.60. The third-order valence-corrected chi connectivity index (χ3v) is 1.32. The second-order valence-corrected chi connectivity index (χ2v) is 2.33. The van der Waals surface area contributed by atoms with E-state index in [9.17, 15) is 31.1 Å². The molecule has 0 rings (SSSR count). The summed E-state index contributed by atoms with van der Waals surface area (Å²) in [5.74, 6) is -16.7. The molecule has 15 heavy (non-hydrogen) atoms. The van der Waals surface area contributed by atoms with E-state index in [0.29, 0.717) is 0 Å². The van der Waals surface area contributed by atoms with E-state index in [1.807, 2.05) is 0 Å². The molecule has 0 aromatic heterocycles. The number of rotatable bonds is 4. The molecule has 0 bridgehead atoms. The molecule has 0 radical (unpaired) electrons. The molecule has 0 amide bonds. The molecule has 8 heteroatoms. The van der Waals surface area contributed by atoms with Gasteiger partial charge in [-0.25, -0.2) is 13.6 Å². The highest BCUT2D eigenvalue weighted by Crippen LogP contribution is 2.41. The lowest BCUT2D eigenvalue weighted by molar-refractivity contribution is -0.220. The molecule has 0 aromatic carbocycles. The Morgan fingerprint density at radius 2 is 1.73 bits per heavy atom. The maximum Gasteiger partial charge on any atom is 0.411 e. The SMILES string of the molecule is CCOC(=O)C(F)(F)C(F)(F)/C(F)=C\F. The second-order valence-electron chi connectivity index (χ2n) is 2.33. The van der Waals surface area contributed by atoms with Crippen LogP contribution in [0, 0.1) is 0 Å². The third-order valence-electron chi connectivity index (χ3n) is 1.32. The third kappa shape index (κ3) is 2.42. The fraction of sp³-hybridized carbons (Fsp3) is 0.571. The second kappa shape index (κ2) is 4.54. The maximum atomic E-state index is 12.5. The minimum Gasteiger partial charge on any atom is -0.461 e. The summed E-state index contributed by atoms with van der Waals surface area (Å²) in [4.78, 5) is 10.4. The molecule has 88 valence electrons. The molecule has 0 heterocycles. The van der Waals surface area contributed by atoms with Crippen molar-refractivity contribution >= 4 is 5.97 Å². The van der Waals surface area contributed by atoms with E-state index >= 15 is 0 Å². The van der Waals surface area contributed by atoms with Gasteiger partial charge in [0.05, 0.1) is 6.61 Å². The maximum absolute atomic E-state index is 12.5. The molecular formula is C7H6F6O2. The Balaban J connectivity index is 5.09. The molecule has 0 spiro atoms. The first-order valence-corrected chi connectivity index (χ1v) is 3.61. The summed E-state index contributed by atoms with van der Waals surface area (Å²) in [7, 11) is 0. The van der Waals surface area contributed by atoms with E-state index in [2.05, 4.69) is 4.74 Å². The number of carbonyl (C=O) groups excluding carboxylic acids is 1. The molecule has 2 nitrogen and oxygen atoms in total. The summed E-state index contributed by atoms with van der Waals surface area (Å²) in [5.41, 5.74) is 0. The van der Waals surface area contributed by atoms with E-state index < -0.39 is 36.6 Å². The summed E-state index contributed by atoms with van der Waals surface area (Å²) >= 11 is 0. The Bertz CT molecular complexity index is 273. The van der Waals surface area contributed by atoms with Crippen molar-refractivity contribution < 1.29 is 35.9 Å². The van der Waals surface area contributed by atoms with Crippen LogP contribution in [0.5, 0.6) is 0 Å². The normalized spacial score (nSPS) is 13.9. The van der Waals surface area contributed by atoms with Crippen LogP contribution in [0.4, 0.5) is 26.3 Å². The van der Waals surface area contributed by atoms with Crippen LogP contribution in [0.1, 0.15) is 6.92 Å². The average molecular weight is 236 g/mol. The average Bonchev–Trinajstić information content (AvgIpc) is 2.16. The summed E-state index contributed by atoms with van der Waals surface area (Å²) in [5, 5.41) is 0. The largest absolute Gasteiger partial charge is 0.461 e. The Labute approximate surface area is 80.5 Å². The van der Waals surface area contributed by atoms with E-state index in [4.69, 9.17) is 0 Å². The number of halogens is 6. The van der Waals surface area contributed by atoms with Crippen LogP contribution in [0.2, 0.25) is 0 Å². The highest BCUT2D eigenvalue weighted by atomic mass is 19.3. The Hall–Kier alpha value is -1.21. The van der Waals surface area contributed by atoms with Crippen molar-refractivity contribution in [2.24, 2.45) is 0 Å². The molecule has 0 fully saturated rings. The van der Waals surface area contributed by atoms with Crippen molar-refractivity contribution in [3.05, 3.63) is 12.2 Å². The van der Waals surface area contributed by atoms with Gasteiger partial charge in [0.25, 0.3) is 0 Å². The van der Waals surface area contributed by atoms with Gasteiger partial charge in [-0.05, 0) is 6.92 Å².